The lowest BCUT2D eigenvalue weighted by Crippen LogP contribution is -2.20. The van der Waals surface area contributed by atoms with Gasteiger partial charge in [-0.15, -0.1) is 24.8 Å². The number of hydrogen-bond donors (Lipinski definition) is 2. The number of rotatable bonds is 4. The summed E-state index contributed by atoms with van der Waals surface area (Å²) in [6.07, 6.45) is 4.35. The van der Waals surface area contributed by atoms with Crippen LogP contribution in [0.2, 0.25) is 0 Å². The molecule has 82 valence electrons. The predicted molar refractivity (Wildman–Crippen MR) is 62.1 cm³/mol. The van der Waals surface area contributed by atoms with E-state index in [1.54, 1.807) is 12.4 Å². The maximum atomic E-state index is 8.89. The summed E-state index contributed by atoms with van der Waals surface area (Å²) in [4.78, 5) is 3.98. The molecule has 1 unspecified atom stereocenters. The molecule has 0 aliphatic carbocycles. The van der Waals surface area contributed by atoms with Gasteiger partial charge in [0.25, 0.3) is 0 Å². The van der Waals surface area contributed by atoms with Gasteiger partial charge in [0.1, 0.15) is 0 Å². The van der Waals surface area contributed by atoms with Crippen molar-refractivity contribution in [3.05, 3.63) is 30.1 Å². The molecule has 3 nitrogen and oxygen atoms in total. The zero-order chi connectivity index (χ0) is 8.81. The Hall–Kier alpha value is -0.350. The van der Waals surface area contributed by atoms with Gasteiger partial charge in [0.05, 0.1) is 0 Å². The molecule has 1 atom stereocenters. The van der Waals surface area contributed by atoms with E-state index >= 15 is 0 Å². The van der Waals surface area contributed by atoms with Gasteiger partial charge in [0.15, 0.2) is 0 Å². The van der Waals surface area contributed by atoms with Crippen LogP contribution in [0, 0.1) is 5.92 Å². The molecule has 0 radical (unpaired) electrons. The first-order chi connectivity index (χ1) is 5.86. The fourth-order valence-electron chi connectivity index (χ4n) is 1.07. The van der Waals surface area contributed by atoms with E-state index in [4.69, 9.17) is 10.8 Å². The number of hydrogen-bond acceptors (Lipinski definition) is 3. The quantitative estimate of drug-likeness (QED) is 0.825. The van der Waals surface area contributed by atoms with E-state index in [1.165, 1.54) is 0 Å². The summed E-state index contributed by atoms with van der Waals surface area (Å²) in [7, 11) is 0. The van der Waals surface area contributed by atoms with Gasteiger partial charge in [-0.25, -0.2) is 0 Å². The average Bonchev–Trinajstić information content (AvgIpc) is 2.16. The second-order valence-electron chi connectivity index (χ2n) is 2.85. The van der Waals surface area contributed by atoms with Crippen molar-refractivity contribution in [2.75, 3.05) is 13.2 Å². The van der Waals surface area contributed by atoms with E-state index < -0.39 is 0 Å². The molecule has 0 saturated carbocycles. The molecule has 0 spiro atoms. The first-order valence-corrected chi connectivity index (χ1v) is 4.06. The maximum absolute atomic E-state index is 8.89. The number of aromatic nitrogens is 1. The molecule has 1 rings (SSSR count). The SMILES string of the molecule is Cl.Cl.NCC(CO)Cc1cccnc1. The minimum Gasteiger partial charge on any atom is -0.396 e. The van der Waals surface area contributed by atoms with Crippen molar-refractivity contribution in [2.24, 2.45) is 11.7 Å². The van der Waals surface area contributed by atoms with Crippen molar-refractivity contribution in [1.82, 2.24) is 4.98 Å². The lowest BCUT2D eigenvalue weighted by atomic mass is 10.0. The molecule has 0 saturated heterocycles. The normalized spacial score (nSPS) is 11.0. The van der Waals surface area contributed by atoms with Gasteiger partial charge in [0, 0.05) is 19.0 Å². The number of nitrogens with two attached hydrogens (primary N) is 1. The molecule has 0 aliphatic heterocycles. The number of aliphatic hydroxyl groups is 1. The Morgan fingerprint density at radius 1 is 1.43 bits per heavy atom. The standard InChI is InChI=1S/C9H14N2O.2ClH/c10-5-9(7-12)4-8-2-1-3-11-6-8;;/h1-3,6,9,12H,4-5,7,10H2;2*1H. The third-order valence-electron chi connectivity index (χ3n) is 1.84. The summed E-state index contributed by atoms with van der Waals surface area (Å²) in [5.41, 5.74) is 6.58. The van der Waals surface area contributed by atoms with E-state index in [9.17, 15) is 0 Å². The largest absolute Gasteiger partial charge is 0.396 e. The molecule has 0 fully saturated rings. The van der Waals surface area contributed by atoms with Crippen LogP contribution in [0.15, 0.2) is 24.5 Å². The van der Waals surface area contributed by atoms with Gasteiger partial charge in [-0.1, -0.05) is 6.07 Å². The van der Waals surface area contributed by atoms with E-state index in [-0.39, 0.29) is 37.3 Å². The lowest BCUT2D eigenvalue weighted by molar-refractivity contribution is 0.229. The summed E-state index contributed by atoms with van der Waals surface area (Å²) in [5, 5.41) is 8.89. The van der Waals surface area contributed by atoms with Crippen LogP contribution in [0.25, 0.3) is 0 Å². The molecule has 3 N–H and O–H groups in total. The second kappa shape index (κ2) is 9.21. The van der Waals surface area contributed by atoms with Crippen LogP contribution in [-0.2, 0) is 6.42 Å². The maximum Gasteiger partial charge on any atom is 0.0474 e. The monoisotopic (exact) mass is 238 g/mol. The third kappa shape index (κ3) is 5.40. The van der Waals surface area contributed by atoms with Crippen molar-refractivity contribution < 1.29 is 5.11 Å². The van der Waals surface area contributed by atoms with Crippen molar-refractivity contribution >= 4 is 24.8 Å². The van der Waals surface area contributed by atoms with Gasteiger partial charge in [-0.05, 0) is 30.5 Å². The smallest absolute Gasteiger partial charge is 0.0474 e. The number of halogens is 2. The number of nitrogens with zero attached hydrogens (tertiary/aromatic N) is 1. The topological polar surface area (TPSA) is 59.1 Å². The zero-order valence-corrected chi connectivity index (χ0v) is 9.43. The molecule has 1 aromatic rings. The highest BCUT2D eigenvalue weighted by atomic mass is 35.5. The van der Waals surface area contributed by atoms with Gasteiger partial charge >= 0.3 is 0 Å². The highest BCUT2D eigenvalue weighted by Gasteiger charge is 2.05. The molecule has 1 heterocycles. The minimum atomic E-state index is 0. The molecule has 0 aromatic carbocycles. The molecular formula is C9H16Cl2N2O. The average molecular weight is 239 g/mol. The molecule has 0 bridgehead atoms. The van der Waals surface area contributed by atoms with E-state index in [0.29, 0.717) is 6.54 Å². The Bertz CT molecular complexity index is 217. The van der Waals surface area contributed by atoms with Crippen molar-refractivity contribution in [3.63, 3.8) is 0 Å². The summed E-state index contributed by atoms with van der Waals surface area (Å²) in [6, 6.07) is 3.88. The van der Waals surface area contributed by atoms with Crippen molar-refractivity contribution in [1.29, 1.82) is 0 Å². The summed E-state index contributed by atoms with van der Waals surface area (Å²) in [6.45, 7) is 0.663. The highest BCUT2D eigenvalue weighted by Crippen LogP contribution is 2.05. The van der Waals surface area contributed by atoms with Crippen LogP contribution in [-0.4, -0.2) is 23.2 Å². The number of aliphatic hydroxyl groups excluding tert-OH is 1. The highest BCUT2D eigenvalue weighted by molar-refractivity contribution is 5.85. The van der Waals surface area contributed by atoms with E-state index in [0.717, 1.165) is 12.0 Å². The Labute approximate surface area is 96.6 Å². The van der Waals surface area contributed by atoms with Gasteiger partial charge in [0.2, 0.25) is 0 Å². The number of pyridine rings is 1. The lowest BCUT2D eigenvalue weighted by Gasteiger charge is -2.09. The molecule has 0 amide bonds. The first kappa shape index (κ1) is 16.1. The molecule has 1 aromatic heterocycles. The van der Waals surface area contributed by atoms with Crippen LogP contribution in [0.3, 0.4) is 0 Å². The molecular weight excluding hydrogens is 223 g/mol. The van der Waals surface area contributed by atoms with Crippen molar-refractivity contribution in [3.8, 4) is 0 Å². The third-order valence-corrected chi connectivity index (χ3v) is 1.84. The van der Waals surface area contributed by atoms with E-state index in [1.807, 2.05) is 12.1 Å². The predicted octanol–water partition coefficient (Wildman–Crippen LogP) is 1.03. The fourth-order valence-corrected chi connectivity index (χ4v) is 1.07. The second-order valence-corrected chi connectivity index (χ2v) is 2.85. The molecule has 5 heteroatoms. The van der Waals surface area contributed by atoms with Crippen LogP contribution < -0.4 is 5.73 Å². The minimum absolute atomic E-state index is 0. The van der Waals surface area contributed by atoms with Crippen LogP contribution in [0.4, 0.5) is 0 Å². The Morgan fingerprint density at radius 3 is 2.57 bits per heavy atom. The Morgan fingerprint density at radius 2 is 2.14 bits per heavy atom. The molecule has 0 aliphatic rings. The molecule has 14 heavy (non-hydrogen) atoms. The van der Waals surface area contributed by atoms with Crippen LogP contribution >= 0.6 is 24.8 Å². The summed E-state index contributed by atoms with van der Waals surface area (Å²) < 4.78 is 0. The summed E-state index contributed by atoms with van der Waals surface area (Å²) >= 11 is 0. The van der Waals surface area contributed by atoms with Gasteiger partial charge < -0.3 is 10.8 Å². The van der Waals surface area contributed by atoms with Crippen LogP contribution in [0.1, 0.15) is 5.56 Å². The van der Waals surface area contributed by atoms with E-state index in [2.05, 4.69) is 4.98 Å². The van der Waals surface area contributed by atoms with Gasteiger partial charge in [-0.3, -0.25) is 4.98 Å². The fraction of sp³-hybridized carbons (Fsp3) is 0.444. The van der Waals surface area contributed by atoms with Crippen LogP contribution in [0.5, 0.6) is 0 Å². The first-order valence-electron chi connectivity index (χ1n) is 4.06. The Balaban J connectivity index is 0. The van der Waals surface area contributed by atoms with Gasteiger partial charge in [-0.2, -0.15) is 0 Å². The zero-order valence-electron chi connectivity index (χ0n) is 7.80. The van der Waals surface area contributed by atoms with Crippen molar-refractivity contribution in [2.45, 2.75) is 6.42 Å². The summed E-state index contributed by atoms with van der Waals surface area (Å²) in [5.74, 6) is 0.161. The Kier molecular flexibility index (Phi) is 10.6.